The van der Waals surface area contributed by atoms with Crippen LogP contribution in [-0.2, 0) is 14.3 Å². The standard InChI is InChI=1S/C10H18O4/c1-8(10(11)12)13-6-2-4-9-5-3-7-14-9/h8-9H,2-7H2,1H3,(H,11,12)/t8-,9?/m0/s1. The molecule has 2 atom stereocenters. The minimum atomic E-state index is -0.901. The van der Waals surface area contributed by atoms with Crippen LogP contribution in [0.3, 0.4) is 0 Å². The highest BCUT2D eigenvalue weighted by molar-refractivity contribution is 5.71. The van der Waals surface area contributed by atoms with Gasteiger partial charge in [0, 0.05) is 13.2 Å². The van der Waals surface area contributed by atoms with Crippen molar-refractivity contribution in [1.82, 2.24) is 0 Å². The fraction of sp³-hybridized carbons (Fsp3) is 0.900. The maximum absolute atomic E-state index is 10.4. The Hall–Kier alpha value is -0.610. The van der Waals surface area contributed by atoms with E-state index >= 15 is 0 Å². The van der Waals surface area contributed by atoms with E-state index in [0.717, 1.165) is 32.3 Å². The summed E-state index contributed by atoms with van der Waals surface area (Å²) >= 11 is 0. The molecule has 0 spiro atoms. The minimum Gasteiger partial charge on any atom is -0.479 e. The van der Waals surface area contributed by atoms with Gasteiger partial charge in [0.25, 0.3) is 0 Å². The van der Waals surface area contributed by atoms with E-state index in [1.807, 2.05) is 0 Å². The second-order valence-electron chi connectivity index (χ2n) is 3.63. The zero-order valence-electron chi connectivity index (χ0n) is 8.57. The van der Waals surface area contributed by atoms with E-state index in [2.05, 4.69) is 0 Å². The largest absolute Gasteiger partial charge is 0.479 e. The molecule has 82 valence electrons. The molecule has 0 amide bonds. The summed E-state index contributed by atoms with van der Waals surface area (Å²) in [5.74, 6) is -0.901. The van der Waals surface area contributed by atoms with Gasteiger partial charge in [0.2, 0.25) is 0 Å². The molecular formula is C10H18O4. The third-order valence-corrected chi connectivity index (χ3v) is 2.41. The summed E-state index contributed by atoms with van der Waals surface area (Å²) in [6.45, 7) is 2.93. The van der Waals surface area contributed by atoms with Crippen molar-refractivity contribution >= 4 is 5.97 Å². The molecule has 14 heavy (non-hydrogen) atoms. The average molecular weight is 202 g/mol. The predicted molar refractivity (Wildman–Crippen MR) is 51.3 cm³/mol. The van der Waals surface area contributed by atoms with E-state index in [4.69, 9.17) is 14.6 Å². The summed E-state index contributed by atoms with van der Waals surface area (Å²) in [6.07, 6.45) is 3.82. The molecule has 0 bridgehead atoms. The Kier molecular flexibility index (Phi) is 4.90. The first kappa shape index (κ1) is 11.5. The fourth-order valence-electron chi connectivity index (χ4n) is 1.51. The van der Waals surface area contributed by atoms with Crippen LogP contribution in [0.4, 0.5) is 0 Å². The van der Waals surface area contributed by atoms with Gasteiger partial charge in [-0.15, -0.1) is 0 Å². The molecule has 0 radical (unpaired) electrons. The topological polar surface area (TPSA) is 55.8 Å². The van der Waals surface area contributed by atoms with E-state index in [1.165, 1.54) is 0 Å². The molecule has 1 N–H and O–H groups in total. The number of carboxylic acids is 1. The Morgan fingerprint density at radius 3 is 3.07 bits per heavy atom. The van der Waals surface area contributed by atoms with Gasteiger partial charge < -0.3 is 14.6 Å². The number of hydrogen-bond acceptors (Lipinski definition) is 3. The van der Waals surface area contributed by atoms with Gasteiger partial charge in [-0.05, 0) is 32.6 Å². The number of carbonyl (C=O) groups is 1. The molecule has 1 heterocycles. The van der Waals surface area contributed by atoms with Crippen molar-refractivity contribution in [3.8, 4) is 0 Å². The number of rotatable bonds is 6. The maximum Gasteiger partial charge on any atom is 0.332 e. The zero-order chi connectivity index (χ0) is 10.4. The van der Waals surface area contributed by atoms with E-state index in [9.17, 15) is 4.79 Å². The third kappa shape index (κ3) is 4.07. The number of ether oxygens (including phenoxy) is 2. The van der Waals surface area contributed by atoms with E-state index in [0.29, 0.717) is 12.7 Å². The minimum absolute atomic E-state index is 0.374. The molecule has 4 nitrogen and oxygen atoms in total. The molecule has 1 aliphatic rings. The summed E-state index contributed by atoms with van der Waals surface area (Å²) in [6, 6.07) is 0. The first-order chi connectivity index (χ1) is 6.70. The van der Waals surface area contributed by atoms with Crippen LogP contribution in [0.15, 0.2) is 0 Å². The van der Waals surface area contributed by atoms with E-state index in [-0.39, 0.29) is 0 Å². The van der Waals surface area contributed by atoms with Crippen molar-refractivity contribution in [3.63, 3.8) is 0 Å². The highest BCUT2D eigenvalue weighted by Crippen LogP contribution is 2.16. The molecule has 1 rings (SSSR count). The first-order valence-electron chi connectivity index (χ1n) is 5.16. The van der Waals surface area contributed by atoms with Crippen LogP contribution in [0, 0.1) is 0 Å². The van der Waals surface area contributed by atoms with Crippen molar-refractivity contribution < 1.29 is 19.4 Å². The smallest absolute Gasteiger partial charge is 0.332 e. The third-order valence-electron chi connectivity index (χ3n) is 2.41. The van der Waals surface area contributed by atoms with Crippen LogP contribution < -0.4 is 0 Å². The van der Waals surface area contributed by atoms with Gasteiger partial charge in [0.15, 0.2) is 6.10 Å². The van der Waals surface area contributed by atoms with Gasteiger partial charge in [0.05, 0.1) is 6.10 Å². The number of carboxylic acid groups (broad SMARTS) is 1. The molecule has 0 aromatic carbocycles. The average Bonchev–Trinajstić information content (AvgIpc) is 2.64. The van der Waals surface area contributed by atoms with Crippen LogP contribution in [0.2, 0.25) is 0 Å². The Morgan fingerprint density at radius 1 is 1.71 bits per heavy atom. The number of aliphatic carboxylic acids is 1. The van der Waals surface area contributed by atoms with Gasteiger partial charge in [0.1, 0.15) is 0 Å². The van der Waals surface area contributed by atoms with Crippen LogP contribution in [0.5, 0.6) is 0 Å². The molecule has 0 aromatic heterocycles. The second kappa shape index (κ2) is 5.98. The predicted octanol–water partition coefficient (Wildman–Crippen LogP) is 1.44. The van der Waals surface area contributed by atoms with Gasteiger partial charge in [-0.1, -0.05) is 0 Å². The van der Waals surface area contributed by atoms with Crippen molar-refractivity contribution in [1.29, 1.82) is 0 Å². The molecular weight excluding hydrogens is 184 g/mol. The molecule has 1 unspecified atom stereocenters. The van der Waals surface area contributed by atoms with E-state index in [1.54, 1.807) is 6.92 Å². The van der Waals surface area contributed by atoms with Crippen LogP contribution in [0.1, 0.15) is 32.6 Å². The summed E-state index contributed by atoms with van der Waals surface area (Å²) in [7, 11) is 0. The van der Waals surface area contributed by atoms with Crippen molar-refractivity contribution in [3.05, 3.63) is 0 Å². The normalized spacial score (nSPS) is 23.6. The first-order valence-corrected chi connectivity index (χ1v) is 5.16. The molecule has 1 saturated heterocycles. The lowest BCUT2D eigenvalue weighted by Gasteiger charge is -2.10. The van der Waals surface area contributed by atoms with Crippen LogP contribution in [0.25, 0.3) is 0 Å². The monoisotopic (exact) mass is 202 g/mol. The summed E-state index contributed by atoms with van der Waals surface area (Å²) < 4.78 is 10.5. The molecule has 0 aromatic rings. The lowest BCUT2D eigenvalue weighted by Crippen LogP contribution is -2.20. The fourth-order valence-corrected chi connectivity index (χ4v) is 1.51. The SMILES string of the molecule is C[C@H](OCCCC1CCCO1)C(=O)O. The Labute approximate surface area is 84.2 Å². The molecule has 1 fully saturated rings. The summed E-state index contributed by atoms with van der Waals surface area (Å²) in [4.78, 5) is 10.4. The van der Waals surface area contributed by atoms with Gasteiger partial charge in [-0.2, -0.15) is 0 Å². The van der Waals surface area contributed by atoms with Gasteiger partial charge in [-0.25, -0.2) is 4.79 Å². The molecule has 1 aliphatic heterocycles. The zero-order valence-corrected chi connectivity index (χ0v) is 8.57. The van der Waals surface area contributed by atoms with Gasteiger partial charge in [-0.3, -0.25) is 0 Å². The van der Waals surface area contributed by atoms with Crippen molar-refractivity contribution in [2.24, 2.45) is 0 Å². The Bertz CT molecular complexity index is 175. The lowest BCUT2D eigenvalue weighted by molar-refractivity contribution is -0.149. The molecule has 0 aliphatic carbocycles. The number of hydrogen-bond donors (Lipinski definition) is 1. The van der Waals surface area contributed by atoms with Crippen molar-refractivity contribution in [2.75, 3.05) is 13.2 Å². The quantitative estimate of drug-likeness (QED) is 0.662. The second-order valence-corrected chi connectivity index (χ2v) is 3.63. The Morgan fingerprint density at radius 2 is 2.50 bits per heavy atom. The highest BCUT2D eigenvalue weighted by atomic mass is 16.5. The van der Waals surface area contributed by atoms with Gasteiger partial charge >= 0.3 is 5.97 Å². The summed E-state index contributed by atoms with van der Waals surface area (Å²) in [5, 5.41) is 8.54. The van der Waals surface area contributed by atoms with Crippen LogP contribution in [-0.4, -0.2) is 36.5 Å². The molecule has 4 heteroatoms. The van der Waals surface area contributed by atoms with Crippen LogP contribution >= 0.6 is 0 Å². The van der Waals surface area contributed by atoms with Crippen molar-refractivity contribution in [2.45, 2.75) is 44.8 Å². The Balaban J connectivity index is 1.95. The molecule has 0 saturated carbocycles. The lowest BCUT2D eigenvalue weighted by atomic mass is 10.1. The van der Waals surface area contributed by atoms with E-state index < -0.39 is 12.1 Å². The summed E-state index contributed by atoms with van der Waals surface area (Å²) in [5.41, 5.74) is 0. The maximum atomic E-state index is 10.4. The highest BCUT2D eigenvalue weighted by Gasteiger charge is 2.15.